The summed E-state index contributed by atoms with van der Waals surface area (Å²) in [6.07, 6.45) is 0. The molecule has 0 radical (unpaired) electrons. The van der Waals surface area contributed by atoms with Crippen LogP contribution in [0.15, 0.2) is 53.7 Å². The summed E-state index contributed by atoms with van der Waals surface area (Å²) in [5.74, 6) is 0.0841. The largest absolute Gasteiger partial charge is 0.351 e. The van der Waals surface area contributed by atoms with Gasteiger partial charge >= 0.3 is 6.03 Å². The number of thioether (sulfide) groups is 1. The minimum absolute atomic E-state index is 0.0270. The number of primary amides is 1. The molecule has 3 amide bonds. The van der Waals surface area contributed by atoms with Gasteiger partial charge in [0.2, 0.25) is 5.91 Å². The van der Waals surface area contributed by atoms with Gasteiger partial charge in [-0.3, -0.25) is 14.7 Å². The van der Waals surface area contributed by atoms with Crippen LogP contribution in [0.3, 0.4) is 0 Å². The second kappa shape index (κ2) is 9.11. The van der Waals surface area contributed by atoms with Gasteiger partial charge in [0.1, 0.15) is 0 Å². The van der Waals surface area contributed by atoms with Crippen LogP contribution in [0.25, 0.3) is 17.1 Å². The number of para-hydroxylation sites is 1. The minimum atomic E-state index is -0.898. The Morgan fingerprint density at radius 2 is 1.74 bits per heavy atom. The zero-order valence-corrected chi connectivity index (χ0v) is 19.3. The molecule has 162 valence electrons. The lowest BCUT2D eigenvalue weighted by molar-refractivity contribution is -0.119. The Labute approximate surface area is 190 Å². The average Bonchev–Trinajstić information content (AvgIpc) is 3.10. The number of nitrogens with two attached hydrogens (primary N) is 1. The number of hydrogen-bond acceptors (Lipinski definition) is 5. The van der Waals surface area contributed by atoms with E-state index in [2.05, 4.69) is 48.4 Å². The Hall–Kier alpha value is -2.84. The number of hydrogen-bond donors (Lipinski definition) is 2. The van der Waals surface area contributed by atoms with E-state index in [0.717, 1.165) is 17.3 Å². The Morgan fingerprint density at radius 1 is 1.10 bits per heavy atom. The highest BCUT2D eigenvalue weighted by molar-refractivity contribution is 8.00. The van der Waals surface area contributed by atoms with Crippen molar-refractivity contribution < 1.29 is 9.59 Å². The first kappa shape index (κ1) is 22.8. The van der Waals surface area contributed by atoms with Crippen molar-refractivity contribution in [1.29, 1.82) is 0 Å². The maximum absolute atomic E-state index is 12.2. The van der Waals surface area contributed by atoms with E-state index in [1.54, 1.807) is 13.0 Å². The number of amides is 3. The maximum Gasteiger partial charge on any atom is 0.318 e. The number of carbonyl (C=O) groups is 2. The summed E-state index contributed by atoms with van der Waals surface area (Å²) in [6.45, 7) is 8.12. The van der Waals surface area contributed by atoms with Crippen LogP contribution >= 0.6 is 23.4 Å². The third-order valence-electron chi connectivity index (χ3n) is 4.63. The van der Waals surface area contributed by atoms with Crippen LogP contribution in [0.4, 0.5) is 4.79 Å². The van der Waals surface area contributed by atoms with E-state index >= 15 is 0 Å². The predicted octanol–water partition coefficient (Wildman–Crippen LogP) is 4.56. The van der Waals surface area contributed by atoms with Gasteiger partial charge < -0.3 is 5.73 Å². The number of benzene rings is 2. The van der Waals surface area contributed by atoms with E-state index in [4.69, 9.17) is 17.3 Å². The lowest BCUT2D eigenvalue weighted by atomic mass is 9.87. The lowest BCUT2D eigenvalue weighted by Gasteiger charge is -2.19. The molecule has 3 aromatic rings. The van der Waals surface area contributed by atoms with Gasteiger partial charge in [-0.25, -0.2) is 4.79 Å². The molecule has 1 atom stereocenters. The molecule has 0 saturated carbocycles. The van der Waals surface area contributed by atoms with Crippen LogP contribution < -0.4 is 11.1 Å². The average molecular weight is 458 g/mol. The predicted molar refractivity (Wildman–Crippen MR) is 124 cm³/mol. The number of nitrogens with zero attached hydrogens (tertiary/aromatic N) is 3. The number of halogens is 1. The van der Waals surface area contributed by atoms with E-state index in [0.29, 0.717) is 21.7 Å². The summed E-state index contributed by atoms with van der Waals surface area (Å²) in [7, 11) is 0. The first-order chi connectivity index (χ1) is 14.6. The summed E-state index contributed by atoms with van der Waals surface area (Å²) in [5, 5.41) is 11.1. The highest BCUT2D eigenvalue weighted by Crippen LogP contribution is 2.33. The molecular formula is C22H24ClN5O2S. The molecule has 1 heterocycles. The molecule has 1 aromatic heterocycles. The number of urea groups is 1. The number of imide groups is 1. The second-order valence-electron chi connectivity index (χ2n) is 8.03. The SMILES string of the molecule is CC(Sc1nnc(-c2ccc(C(C)(C)C)cc2)n1-c1ccccc1Cl)C(=O)NC(N)=O. The lowest BCUT2D eigenvalue weighted by Crippen LogP contribution is -2.39. The van der Waals surface area contributed by atoms with Gasteiger partial charge in [0, 0.05) is 5.56 Å². The molecule has 9 heteroatoms. The van der Waals surface area contributed by atoms with Gasteiger partial charge in [0.05, 0.1) is 16.0 Å². The summed E-state index contributed by atoms with van der Waals surface area (Å²) in [4.78, 5) is 23.2. The molecule has 0 aliphatic heterocycles. The van der Waals surface area contributed by atoms with Gasteiger partial charge in [-0.1, -0.05) is 80.5 Å². The fourth-order valence-electron chi connectivity index (χ4n) is 2.94. The molecule has 2 aromatic carbocycles. The van der Waals surface area contributed by atoms with E-state index < -0.39 is 17.2 Å². The second-order valence-corrected chi connectivity index (χ2v) is 9.75. The molecule has 0 fully saturated rings. The fraction of sp³-hybridized carbons (Fsp3) is 0.273. The molecular weight excluding hydrogens is 434 g/mol. The minimum Gasteiger partial charge on any atom is -0.351 e. The van der Waals surface area contributed by atoms with Crippen molar-refractivity contribution in [2.75, 3.05) is 0 Å². The van der Waals surface area contributed by atoms with E-state index in [-0.39, 0.29) is 5.41 Å². The van der Waals surface area contributed by atoms with Crippen LogP contribution in [0.5, 0.6) is 0 Å². The molecule has 0 saturated heterocycles. The van der Waals surface area contributed by atoms with Crippen molar-refractivity contribution in [3.8, 4) is 17.1 Å². The van der Waals surface area contributed by atoms with Crippen LogP contribution in [-0.4, -0.2) is 32.0 Å². The van der Waals surface area contributed by atoms with Gasteiger partial charge in [-0.2, -0.15) is 0 Å². The Morgan fingerprint density at radius 3 is 2.32 bits per heavy atom. The number of nitrogens with one attached hydrogen (secondary N) is 1. The number of aromatic nitrogens is 3. The zero-order chi connectivity index (χ0) is 22.8. The van der Waals surface area contributed by atoms with Crippen LogP contribution in [0.2, 0.25) is 5.02 Å². The van der Waals surface area contributed by atoms with Crippen molar-refractivity contribution >= 4 is 35.3 Å². The molecule has 0 spiro atoms. The third-order valence-corrected chi connectivity index (χ3v) is 6.00. The third kappa shape index (κ3) is 5.26. The van der Waals surface area contributed by atoms with Gasteiger partial charge in [0.25, 0.3) is 0 Å². The summed E-state index contributed by atoms with van der Waals surface area (Å²) in [6, 6.07) is 14.6. The number of rotatable bonds is 5. The monoisotopic (exact) mass is 457 g/mol. The van der Waals surface area contributed by atoms with Gasteiger partial charge in [-0.05, 0) is 30.0 Å². The van der Waals surface area contributed by atoms with Crippen LogP contribution in [0.1, 0.15) is 33.3 Å². The first-order valence-corrected chi connectivity index (χ1v) is 10.9. The van der Waals surface area contributed by atoms with E-state index in [1.807, 2.05) is 34.9 Å². The van der Waals surface area contributed by atoms with E-state index in [1.165, 1.54) is 5.56 Å². The zero-order valence-electron chi connectivity index (χ0n) is 17.7. The first-order valence-electron chi connectivity index (χ1n) is 9.66. The Kier molecular flexibility index (Phi) is 6.71. The highest BCUT2D eigenvalue weighted by atomic mass is 35.5. The normalized spacial score (nSPS) is 12.4. The quantitative estimate of drug-likeness (QED) is 0.546. The number of carbonyl (C=O) groups excluding carboxylic acids is 2. The van der Waals surface area contributed by atoms with Crippen LogP contribution in [-0.2, 0) is 10.2 Å². The molecule has 3 N–H and O–H groups in total. The van der Waals surface area contributed by atoms with E-state index in [9.17, 15) is 9.59 Å². The molecule has 0 aliphatic carbocycles. The summed E-state index contributed by atoms with van der Waals surface area (Å²) < 4.78 is 1.81. The van der Waals surface area contributed by atoms with Gasteiger partial charge in [0.15, 0.2) is 11.0 Å². The fourth-order valence-corrected chi connectivity index (χ4v) is 4.02. The van der Waals surface area contributed by atoms with Crippen LogP contribution in [0, 0.1) is 0 Å². The van der Waals surface area contributed by atoms with Crippen molar-refractivity contribution in [1.82, 2.24) is 20.1 Å². The molecule has 31 heavy (non-hydrogen) atoms. The van der Waals surface area contributed by atoms with Crippen molar-refractivity contribution in [3.05, 3.63) is 59.1 Å². The van der Waals surface area contributed by atoms with Gasteiger partial charge in [-0.15, -0.1) is 10.2 Å². The summed E-state index contributed by atoms with van der Waals surface area (Å²) in [5.41, 5.74) is 7.84. The van der Waals surface area contributed by atoms with Crippen molar-refractivity contribution in [2.45, 2.75) is 43.5 Å². The smallest absolute Gasteiger partial charge is 0.318 e. The maximum atomic E-state index is 12.2. The standard InChI is InChI=1S/C22H24ClN5O2S/c1-13(19(29)25-20(24)30)31-21-27-26-18(28(21)17-8-6-5-7-16(17)23)14-9-11-15(12-10-14)22(2,3)4/h5-13H,1-4H3,(H3,24,25,29,30). The topological polar surface area (TPSA) is 103 Å². The van der Waals surface area contributed by atoms with Crippen molar-refractivity contribution in [3.63, 3.8) is 0 Å². The molecule has 3 rings (SSSR count). The molecule has 1 unspecified atom stereocenters. The summed E-state index contributed by atoms with van der Waals surface area (Å²) >= 11 is 7.63. The Bertz CT molecular complexity index is 1110. The molecule has 0 aliphatic rings. The molecule has 0 bridgehead atoms. The Balaban J connectivity index is 2.06. The highest BCUT2D eigenvalue weighted by Gasteiger charge is 2.24. The van der Waals surface area contributed by atoms with Crippen molar-refractivity contribution in [2.24, 2.45) is 5.73 Å². The molecule has 7 nitrogen and oxygen atoms in total.